The summed E-state index contributed by atoms with van der Waals surface area (Å²) in [6.45, 7) is 3.21. The van der Waals surface area contributed by atoms with Crippen LogP contribution in [0, 0.1) is 6.92 Å². The lowest BCUT2D eigenvalue weighted by Crippen LogP contribution is -2.37. The van der Waals surface area contributed by atoms with Crippen LogP contribution in [0.1, 0.15) is 18.9 Å². The molecule has 0 aliphatic rings. The zero-order valence-electron chi connectivity index (χ0n) is 10.1. The van der Waals surface area contributed by atoms with Gasteiger partial charge >= 0.3 is 0 Å². The summed E-state index contributed by atoms with van der Waals surface area (Å²) in [5.41, 5.74) is 0.624. The van der Waals surface area contributed by atoms with Crippen molar-refractivity contribution >= 4 is 33.2 Å². The Hall–Kier alpha value is -0.330. The predicted octanol–water partition coefficient (Wildman–Crippen LogP) is 2.35. The van der Waals surface area contributed by atoms with Gasteiger partial charge < -0.3 is 5.11 Å². The zero-order valence-corrected chi connectivity index (χ0v) is 12.4. The summed E-state index contributed by atoms with van der Waals surface area (Å²) in [5, 5.41) is 9.49. The molecular formula is C11H15Cl2NO3S. The first-order valence-electron chi connectivity index (χ1n) is 5.40. The van der Waals surface area contributed by atoms with Gasteiger partial charge in [-0.1, -0.05) is 30.1 Å². The Morgan fingerprint density at radius 3 is 2.44 bits per heavy atom. The molecule has 1 aromatic carbocycles. The van der Waals surface area contributed by atoms with E-state index in [-0.39, 0.29) is 16.5 Å². The highest BCUT2D eigenvalue weighted by Crippen LogP contribution is 2.28. The summed E-state index contributed by atoms with van der Waals surface area (Å²) in [7, 11) is -3.75. The molecule has 1 rings (SSSR count). The maximum Gasteiger partial charge on any atom is 0.242 e. The van der Waals surface area contributed by atoms with Crippen LogP contribution in [0.15, 0.2) is 17.0 Å². The summed E-state index contributed by atoms with van der Waals surface area (Å²) in [5.74, 6) is 0. The lowest BCUT2D eigenvalue weighted by atomic mass is 10.2. The highest BCUT2D eigenvalue weighted by atomic mass is 35.5. The van der Waals surface area contributed by atoms with Gasteiger partial charge in [-0.05, 0) is 31.0 Å². The zero-order chi connectivity index (χ0) is 13.9. The SMILES string of the molecule is CC[C@@H](CO)NS(=O)(=O)c1cc(C)c(Cl)cc1Cl. The molecule has 0 bridgehead atoms. The maximum atomic E-state index is 12.1. The van der Waals surface area contributed by atoms with Gasteiger partial charge in [0.25, 0.3) is 0 Å². The standard InChI is InChI=1S/C11H15Cl2NO3S/c1-3-8(6-15)14-18(16,17)11-4-7(2)9(12)5-10(11)13/h4-5,8,14-15H,3,6H2,1-2H3/t8-/m0/s1. The number of hydrogen-bond donors (Lipinski definition) is 2. The number of aryl methyl sites for hydroxylation is 1. The summed E-state index contributed by atoms with van der Waals surface area (Å²) >= 11 is 11.7. The summed E-state index contributed by atoms with van der Waals surface area (Å²) in [4.78, 5) is -0.0297. The van der Waals surface area contributed by atoms with E-state index in [9.17, 15) is 8.42 Å². The molecule has 0 fully saturated rings. The minimum atomic E-state index is -3.75. The minimum Gasteiger partial charge on any atom is -0.395 e. The largest absolute Gasteiger partial charge is 0.395 e. The average Bonchev–Trinajstić information content (AvgIpc) is 2.30. The Balaban J connectivity index is 3.16. The van der Waals surface area contributed by atoms with Crippen LogP contribution in [-0.2, 0) is 10.0 Å². The van der Waals surface area contributed by atoms with Crippen molar-refractivity contribution in [3.8, 4) is 0 Å². The molecule has 2 N–H and O–H groups in total. The molecule has 1 atom stereocenters. The molecule has 1 aromatic rings. The van der Waals surface area contributed by atoms with E-state index in [1.807, 2.05) is 0 Å². The third-order valence-corrected chi connectivity index (χ3v) is 4.93. The number of rotatable bonds is 5. The van der Waals surface area contributed by atoms with Gasteiger partial charge in [-0.2, -0.15) is 0 Å². The van der Waals surface area contributed by atoms with Crippen LogP contribution in [0.2, 0.25) is 10.0 Å². The molecule has 18 heavy (non-hydrogen) atoms. The lowest BCUT2D eigenvalue weighted by molar-refractivity contribution is 0.254. The number of sulfonamides is 1. The van der Waals surface area contributed by atoms with Crippen LogP contribution in [0.4, 0.5) is 0 Å². The van der Waals surface area contributed by atoms with Crippen LogP contribution in [0.3, 0.4) is 0 Å². The van der Waals surface area contributed by atoms with E-state index < -0.39 is 16.1 Å². The molecule has 102 valence electrons. The predicted molar refractivity (Wildman–Crippen MR) is 72.7 cm³/mol. The van der Waals surface area contributed by atoms with Gasteiger partial charge in [-0.25, -0.2) is 13.1 Å². The second-order valence-corrected chi connectivity index (χ2v) is 6.44. The normalized spacial score (nSPS) is 13.6. The van der Waals surface area contributed by atoms with Crippen LogP contribution >= 0.6 is 23.2 Å². The molecule has 0 saturated heterocycles. The van der Waals surface area contributed by atoms with Crippen molar-refractivity contribution in [2.45, 2.75) is 31.2 Å². The van der Waals surface area contributed by atoms with E-state index in [1.54, 1.807) is 13.8 Å². The Morgan fingerprint density at radius 2 is 1.94 bits per heavy atom. The molecule has 0 aromatic heterocycles. The van der Waals surface area contributed by atoms with Crippen molar-refractivity contribution in [3.63, 3.8) is 0 Å². The first kappa shape index (κ1) is 15.7. The van der Waals surface area contributed by atoms with E-state index in [0.29, 0.717) is 17.0 Å². The number of nitrogens with one attached hydrogen (secondary N) is 1. The molecule has 0 radical (unpaired) electrons. The summed E-state index contributed by atoms with van der Waals surface area (Å²) < 4.78 is 26.6. The third kappa shape index (κ3) is 3.59. The number of aliphatic hydroxyl groups excluding tert-OH is 1. The number of hydrogen-bond acceptors (Lipinski definition) is 3. The Morgan fingerprint density at radius 1 is 1.33 bits per heavy atom. The molecule has 0 amide bonds. The van der Waals surface area contributed by atoms with E-state index in [1.165, 1.54) is 12.1 Å². The molecule has 7 heteroatoms. The van der Waals surface area contributed by atoms with Crippen LogP contribution in [0.25, 0.3) is 0 Å². The van der Waals surface area contributed by atoms with Crippen molar-refractivity contribution in [3.05, 3.63) is 27.7 Å². The number of halogens is 2. The van der Waals surface area contributed by atoms with Gasteiger partial charge in [-0.15, -0.1) is 0 Å². The number of aliphatic hydroxyl groups is 1. The molecule has 4 nitrogen and oxygen atoms in total. The second kappa shape index (κ2) is 6.21. The molecule has 0 unspecified atom stereocenters. The second-order valence-electron chi connectivity index (χ2n) is 3.94. The lowest BCUT2D eigenvalue weighted by Gasteiger charge is -2.15. The fourth-order valence-electron chi connectivity index (χ4n) is 1.37. The first-order valence-corrected chi connectivity index (χ1v) is 7.64. The minimum absolute atomic E-state index is 0.0297. The van der Waals surface area contributed by atoms with Crippen molar-refractivity contribution in [1.82, 2.24) is 4.72 Å². The molecule has 0 aliphatic carbocycles. The van der Waals surface area contributed by atoms with E-state index >= 15 is 0 Å². The monoisotopic (exact) mass is 311 g/mol. The van der Waals surface area contributed by atoms with Gasteiger partial charge in [0.1, 0.15) is 4.90 Å². The van der Waals surface area contributed by atoms with E-state index in [4.69, 9.17) is 28.3 Å². The van der Waals surface area contributed by atoms with Crippen molar-refractivity contribution < 1.29 is 13.5 Å². The van der Waals surface area contributed by atoms with Gasteiger partial charge in [0, 0.05) is 11.1 Å². The van der Waals surface area contributed by atoms with Crippen molar-refractivity contribution in [2.24, 2.45) is 0 Å². The van der Waals surface area contributed by atoms with E-state index in [2.05, 4.69) is 4.72 Å². The van der Waals surface area contributed by atoms with Gasteiger partial charge in [-0.3, -0.25) is 0 Å². The maximum absolute atomic E-state index is 12.1. The Bertz CT molecular complexity index is 527. The smallest absolute Gasteiger partial charge is 0.242 e. The number of benzene rings is 1. The van der Waals surface area contributed by atoms with Crippen LogP contribution < -0.4 is 4.72 Å². The topological polar surface area (TPSA) is 66.4 Å². The summed E-state index contributed by atoms with van der Waals surface area (Å²) in [6, 6.07) is 2.28. The van der Waals surface area contributed by atoms with Gasteiger partial charge in [0.15, 0.2) is 0 Å². The van der Waals surface area contributed by atoms with Gasteiger partial charge in [0.2, 0.25) is 10.0 Å². The van der Waals surface area contributed by atoms with Crippen LogP contribution in [0.5, 0.6) is 0 Å². The third-order valence-electron chi connectivity index (χ3n) is 2.54. The fraction of sp³-hybridized carbons (Fsp3) is 0.455. The highest BCUT2D eigenvalue weighted by Gasteiger charge is 2.22. The van der Waals surface area contributed by atoms with Crippen molar-refractivity contribution in [1.29, 1.82) is 0 Å². The summed E-state index contributed by atoms with van der Waals surface area (Å²) in [6.07, 6.45) is 0.486. The quantitative estimate of drug-likeness (QED) is 0.877. The van der Waals surface area contributed by atoms with E-state index in [0.717, 1.165) is 0 Å². The molecule has 0 spiro atoms. The first-order chi connectivity index (χ1) is 8.31. The molecule has 0 heterocycles. The molecule has 0 aliphatic heterocycles. The van der Waals surface area contributed by atoms with Gasteiger partial charge in [0.05, 0.1) is 11.6 Å². The van der Waals surface area contributed by atoms with Crippen LogP contribution in [-0.4, -0.2) is 26.2 Å². The molecule has 0 saturated carbocycles. The molecular weight excluding hydrogens is 297 g/mol. The highest BCUT2D eigenvalue weighted by molar-refractivity contribution is 7.89. The average molecular weight is 312 g/mol. The van der Waals surface area contributed by atoms with Crippen molar-refractivity contribution in [2.75, 3.05) is 6.61 Å². The fourth-order valence-corrected chi connectivity index (χ4v) is 3.51. The Labute approximate surface area is 117 Å². The Kier molecular flexibility index (Phi) is 5.43.